The van der Waals surface area contributed by atoms with Gasteiger partial charge in [0.25, 0.3) is 5.91 Å². The number of pyridine rings is 1. The van der Waals surface area contributed by atoms with Gasteiger partial charge in [-0.2, -0.15) is 17.5 Å². The molecule has 2 heterocycles. The minimum Gasteiger partial charge on any atom is -0.355 e. The van der Waals surface area contributed by atoms with E-state index >= 15 is 0 Å². The van der Waals surface area contributed by atoms with E-state index in [9.17, 15) is 26.4 Å². The number of rotatable bonds is 5. The molecule has 1 saturated heterocycles. The number of hydrogen-bond donors (Lipinski definition) is 1. The Balaban J connectivity index is 1.25. The van der Waals surface area contributed by atoms with Crippen LogP contribution in [0.1, 0.15) is 15.9 Å². The summed E-state index contributed by atoms with van der Waals surface area (Å²) < 4.78 is 66.4. The molecule has 1 N–H and O–H groups in total. The Morgan fingerprint density at radius 2 is 1.62 bits per heavy atom. The van der Waals surface area contributed by atoms with Crippen molar-refractivity contribution in [1.29, 1.82) is 0 Å². The summed E-state index contributed by atoms with van der Waals surface area (Å²) in [5.41, 5.74) is 1.07. The number of anilines is 2. The third-order valence-corrected chi connectivity index (χ3v) is 8.86. The molecule has 1 fully saturated rings. The van der Waals surface area contributed by atoms with Crippen LogP contribution in [-0.2, 0) is 16.2 Å². The van der Waals surface area contributed by atoms with Crippen molar-refractivity contribution < 1.29 is 26.4 Å². The number of aromatic nitrogens is 1. The second-order valence-electron chi connectivity index (χ2n) is 8.92. The van der Waals surface area contributed by atoms with Crippen molar-refractivity contribution in [2.24, 2.45) is 0 Å². The topological polar surface area (TPSA) is 82.6 Å². The zero-order chi connectivity index (χ0) is 27.8. The van der Waals surface area contributed by atoms with Gasteiger partial charge in [-0.1, -0.05) is 29.8 Å². The van der Waals surface area contributed by atoms with Gasteiger partial charge in [0.1, 0.15) is 4.90 Å². The summed E-state index contributed by atoms with van der Waals surface area (Å²) in [6, 6.07) is 18.0. The van der Waals surface area contributed by atoms with E-state index in [1.807, 2.05) is 0 Å². The number of carbonyl (C=O) groups is 1. The van der Waals surface area contributed by atoms with Crippen molar-refractivity contribution in [1.82, 2.24) is 14.2 Å². The van der Waals surface area contributed by atoms with Crippen molar-refractivity contribution in [3.05, 3.63) is 95.1 Å². The zero-order valence-corrected chi connectivity index (χ0v) is 21.9. The maximum Gasteiger partial charge on any atom is 0.416 e. The highest BCUT2D eigenvalue weighted by Gasteiger charge is 2.32. The predicted octanol–water partition coefficient (Wildman–Crippen LogP) is 5.80. The summed E-state index contributed by atoms with van der Waals surface area (Å²) in [6.45, 7) is 0.741. The molecule has 1 aliphatic heterocycles. The van der Waals surface area contributed by atoms with E-state index in [0.29, 0.717) is 22.3 Å². The van der Waals surface area contributed by atoms with Crippen molar-refractivity contribution in [2.45, 2.75) is 11.1 Å². The maximum absolute atomic E-state index is 13.1. The summed E-state index contributed by atoms with van der Waals surface area (Å²) in [4.78, 5) is 18.7. The van der Waals surface area contributed by atoms with Crippen LogP contribution in [-0.4, -0.2) is 54.7 Å². The molecule has 3 aromatic carbocycles. The molecule has 0 atom stereocenters. The molecule has 0 spiro atoms. The number of halogens is 4. The largest absolute Gasteiger partial charge is 0.416 e. The van der Waals surface area contributed by atoms with Crippen LogP contribution in [0.15, 0.2) is 83.9 Å². The minimum absolute atomic E-state index is 0.0392. The number of sulfonamides is 1. The van der Waals surface area contributed by atoms with Gasteiger partial charge >= 0.3 is 6.18 Å². The van der Waals surface area contributed by atoms with Gasteiger partial charge < -0.3 is 10.2 Å². The third-order valence-electron chi connectivity index (χ3n) is 6.46. The van der Waals surface area contributed by atoms with E-state index in [2.05, 4.69) is 10.3 Å². The normalized spacial score (nSPS) is 14.9. The number of nitrogens with one attached hydrogen (secondary N) is 1. The Morgan fingerprint density at radius 1 is 0.923 bits per heavy atom. The Bertz CT molecular complexity index is 1640. The van der Waals surface area contributed by atoms with Crippen LogP contribution in [0.5, 0.6) is 0 Å². The monoisotopic (exact) mass is 574 g/mol. The molecular weight excluding hydrogens is 553 g/mol. The van der Waals surface area contributed by atoms with Gasteiger partial charge in [0.15, 0.2) is 0 Å². The maximum atomic E-state index is 13.1. The predicted molar refractivity (Wildman–Crippen MR) is 143 cm³/mol. The SMILES string of the molecule is O=C(c1ccc(Nc2ccnc3cc(C(F)(F)F)ccc23)cc1)N1CCN(S(=O)(=O)c2ccccc2Cl)CC1. The molecule has 0 unspecified atom stereocenters. The molecule has 4 aromatic rings. The first-order valence-corrected chi connectivity index (χ1v) is 13.7. The first kappa shape index (κ1) is 26.9. The van der Waals surface area contributed by atoms with E-state index < -0.39 is 21.8 Å². The lowest BCUT2D eigenvalue weighted by atomic mass is 10.1. The van der Waals surface area contributed by atoms with Crippen LogP contribution >= 0.6 is 11.6 Å². The first-order chi connectivity index (χ1) is 18.5. The Labute approximate surface area is 227 Å². The number of amides is 1. The van der Waals surface area contributed by atoms with Crippen molar-refractivity contribution in [2.75, 3.05) is 31.5 Å². The van der Waals surface area contributed by atoms with Gasteiger partial charge in [0, 0.05) is 54.7 Å². The number of carbonyl (C=O) groups excluding carboxylic acids is 1. The number of benzene rings is 3. The highest BCUT2D eigenvalue weighted by atomic mass is 35.5. The minimum atomic E-state index is -4.46. The Kier molecular flexibility index (Phi) is 7.23. The van der Waals surface area contributed by atoms with E-state index in [1.54, 1.807) is 47.4 Å². The lowest BCUT2D eigenvalue weighted by Gasteiger charge is -2.34. The van der Waals surface area contributed by atoms with Crippen LogP contribution < -0.4 is 5.32 Å². The molecule has 1 amide bonds. The van der Waals surface area contributed by atoms with Crippen LogP contribution in [0.25, 0.3) is 10.9 Å². The molecule has 7 nitrogen and oxygen atoms in total. The average Bonchev–Trinajstić information content (AvgIpc) is 2.93. The van der Waals surface area contributed by atoms with Gasteiger partial charge in [-0.15, -0.1) is 0 Å². The lowest BCUT2D eigenvalue weighted by Crippen LogP contribution is -2.50. The molecule has 0 bridgehead atoms. The molecule has 1 aromatic heterocycles. The molecular formula is C27H22ClF3N4O3S. The highest BCUT2D eigenvalue weighted by molar-refractivity contribution is 7.89. The second kappa shape index (κ2) is 10.5. The lowest BCUT2D eigenvalue weighted by molar-refractivity contribution is -0.137. The molecule has 39 heavy (non-hydrogen) atoms. The van der Waals surface area contributed by atoms with Gasteiger partial charge in [0.2, 0.25) is 10.0 Å². The van der Waals surface area contributed by atoms with Crippen LogP contribution in [0.4, 0.5) is 24.5 Å². The van der Waals surface area contributed by atoms with Gasteiger partial charge in [-0.25, -0.2) is 8.42 Å². The van der Waals surface area contributed by atoms with E-state index in [-0.39, 0.29) is 47.5 Å². The van der Waals surface area contributed by atoms with Crippen LogP contribution in [0.2, 0.25) is 5.02 Å². The molecule has 0 saturated carbocycles. The fourth-order valence-electron chi connectivity index (χ4n) is 4.39. The number of piperazine rings is 1. The summed E-state index contributed by atoms with van der Waals surface area (Å²) in [7, 11) is -3.77. The Morgan fingerprint density at radius 3 is 2.28 bits per heavy atom. The van der Waals surface area contributed by atoms with Crippen LogP contribution in [0.3, 0.4) is 0 Å². The zero-order valence-electron chi connectivity index (χ0n) is 20.3. The number of hydrogen-bond acceptors (Lipinski definition) is 5. The number of fused-ring (bicyclic) bond motifs is 1. The van der Waals surface area contributed by atoms with Crippen LogP contribution in [0, 0.1) is 0 Å². The molecule has 0 aliphatic carbocycles. The van der Waals surface area contributed by atoms with E-state index in [0.717, 1.165) is 12.1 Å². The standard InChI is InChI=1S/C27H22ClF3N4O3S/c28-22-3-1-2-4-25(22)39(37,38)35-15-13-34(14-16-35)26(36)18-5-8-20(9-6-18)33-23-11-12-32-24-17-19(27(29,30)31)7-10-21(23)24/h1-12,17H,13-16H2,(H,32,33). The smallest absolute Gasteiger partial charge is 0.355 e. The van der Waals surface area contributed by atoms with E-state index in [4.69, 9.17) is 11.6 Å². The quantitative estimate of drug-likeness (QED) is 0.326. The Hall–Kier alpha value is -3.67. The summed E-state index contributed by atoms with van der Waals surface area (Å²) in [5.74, 6) is -0.231. The highest BCUT2D eigenvalue weighted by Crippen LogP contribution is 2.33. The fourth-order valence-corrected chi connectivity index (χ4v) is 6.31. The first-order valence-electron chi connectivity index (χ1n) is 11.9. The number of alkyl halides is 3. The molecule has 1 aliphatic rings. The van der Waals surface area contributed by atoms with Gasteiger partial charge in [-0.05, 0) is 54.6 Å². The summed E-state index contributed by atoms with van der Waals surface area (Å²) in [6.07, 6.45) is -3.04. The fraction of sp³-hybridized carbons (Fsp3) is 0.185. The third kappa shape index (κ3) is 5.56. The van der Waals surface area contributed by atoms with Crippen molar-refractivity contribution >= 4 is 49.8 Å². The van der Waals surface area contributed by atoms with Crippen molar-refractivity contribution in [3.63, 3.8) is 0 Å². The van der Waals surface area contributed by atoms with Crippen molar-refractivity contribution in [3.8, 4) is 0 Å². The summed E-state index contributed by atoms with van der Waals surface area (Å²) in [5, 5.41) is 3.84. The average molecular weight is 575 g/mol. The van der Waals surface area contributed by atoms with Gasteiger partial charge in [-0.3, -0.25) is 9.78 Å². The molecule has 12 heteroatoms. The molecule has 5 rings (SSSR count). The van der Waals surface area contributed by atoms with Gasteiger partial charge in [0.05, 0.1) is 16.1 Å². The van der Waals surface area contributed by atoms with E-state index in [1.165, 1.54) is 28.7 Å². The summed E-state index contributed by atoms with van der Waals surface area (Å²) >= 11 is 6.08. The number of nitrogens with zero attached hydrogens (tertiary/aromatic N) is 3. The second-order valence-corrected chi connectivity index (χ2v) is 11.2. The molecule has 202 valence electrons. The molecule has 0 radical (unpaired) electrons.